The van der Waals surface area contributed by atoms with Gasteiger partial charge in [0.25, 0.3) is 5.56 Å². The lowest BCUT2D eigenvalue weighted by molar-refractivity contribution is 0.501. The average Bonchev–Trinajstić information content (AvgIpc) is 2.59. The fraction of sp³-hybridized carbons (Fsp3) is 0.455. The molecule has 15 heavy (non-hydrogen) atoms. The molecule has 0 saturated carbocycles. The first kappa shape index (κ1) is 9.09. The zero-order chi connectivity index (χ0) is 10.4. The van der Waals surface area contributed by atoms with Gasteiger partial charge >= 0.3 is 0 Å². The van der Waals surface area contributed by atoms with Gasteiger partial charge in [-0.05, 0) is 25.8 Å². The normalized spacial score (nSPS) is 15.5. The lowest BCUT2D eigenvalue weighted by atomic mass is 10.1. The molecule has 0 N–H and O–H groups in total. The molecule has 4 heteroatoms. The van der Waals surface area contributed by atoms with E-state index >= 15 is 0 Å². The van der Waals surface area contributed by atoms with E-state index in [4.69, 9.17) is 0 Å². The first-order valence-electron chi connectivity index (χ1n) is 5.25. The summed E-state index contributed by atoms with van der Waals surface area (Å²) in [5, 5.41) is 0.795. The number of aryl methyl sites for hydroxylation is 2. The third-order valence-electron chi connectivity index (χ3n) is 2.89. The number of rotatable bonds is 0. The van der Waals surface area contributed by atoms with Crippen molar-refractivity contribution >= 4 is 21.6 Å². The van der Waals surface area contributed by atoms with Crippen LogP contribution in [0.25, 0.3) is 10.2 Å². The lowest BCUT2D eigenvalue weighted by Crippen LogP contribution is -2.27. The van der Waals surface area contributed by atoms with Crippen LogP contribution in [0.3, 0.4) is 0 Å². The van der Waals surface area contributed by atoms with Gasteiger partial charge in [-0.3, -0.25) is 9.36 Å². The van der Waals surface area contributed by atoms with E-state index in [1.807, 2.05) is 17.6 Å². The molecule has 0 amide bonds. The second-order valence-electron chi connectivity index (χ2n) is 4.02. The molecule has 0 atom stereocenters. The highest BCUT2D eigenvalue weighted by Gasteiger charge is 2.15. The molecule has 1 aliphatic heterocycles. The van der Waals surface area contributed by atoms with Gasteiger partial charge < -0.3 is 0 Å². The highest BCUT2D eigenvalue weighted by molar-refractivity contribution is 7.18. The zero-order valence-electron chi connectivity index (χ0n) is 8.62. The Labute approximate surface area is 91.4 Å². The van der Waals surface area contributed by atoms with Gasteiger partial charge in [0.1, 0.15) is 10.7 Å². The Hall–Kier alpha value is -1.16. The summed E-state index contributed by atoms with van der Waals surface area (Å²) in [5.74, 6) is 0.973. The van der Waals surface area contributed by atoms with Crippen molar-refractivity contribution in [2.24, 2.45) is 0 Å². The monoisotopic (exact) mass is 220 g/mol. The molecule has 3 heterocycles. The quantitative estimate of drug-likeness (QED) is 0.681. The fourth-order valence-corrected chi connectivity index (χ4v) is 3.04. The summed E-state index contributed by atoms with van der Waals surface area (Å²) >= 11 is 1.61. The van der Waals surface area contributed by atoms with Crippen LogP contribution in [-0.2, 0) is 13.0 Å². The molecule has 0 fully saturated rings. The van der Waals surface area contributed by atoms with E-state index < -0.39 is 0 Å². The second kappa shape index (κ2) is 3.17. The number of thiophene rings is 1. The van der Waals surface area contributed by atoms with Crippen LogP contribution in [-0.4, -0.2) is 9.55 Å². The summed E-state index contributed by atoms with van der Waals surface area (Å²) < 4.78 is 1.85. The van der Waals surface area contributed by atoms with E-state index in [1.54, 1.807) is 11.3 Å². The maximum absolute atomic E-state index is 12.1. The third kappa shape index (κ3) is 1.32. The van der Waals surface area contributed by atoms with Crippen molar-refractivity contribution in [2.45, 2.75) is 32.7 Å². The maximum atomic E-state index is 12.1. The van der Waals surface area contributed by atoms with Crippen LogP contribution in [0.5, 0.6) is 0 Å². The molecule has 1 aliphatic rings. The first-order valence-corrected chi connectivity index (χ1v) is 6.07. The smallest absolute Gasteiger partial charge is 0.262 e. The largest absolute Gasteiger partial charge is 0.296 e. The van der Waals surface area contributed by atoms with Gasteiger partial charge in [-0.2, -0.15) is 0 Å². The van der Waals surface area contributed by atoms with Gasteiger partial charge in [-0.25, -0.2) is 4.98 Å². The fourth-order valence-electron chi connectivity index (χ4n) is 2.15. The Morgan fingerprint density at radius 2 is 2.33 bits per heavy atom. The lowest BCUT2D eigenvalue weighted by Gasteiger charge is -2.16. The molecule has 0 bridgehead atoms. The summed E-state index contributed by atoms with van der Waals surface area (Å²) in [7, 11) is 0. The summed E-state index contributed by atoms with van der Waals surface area (Å²) in [6.45, 7) is 2.86. The van der Waals surface area contributed by atoms with E-state index in [-0.39, 0.29) is 5.56 Å². The molecule has 0 radical (unpaired) electrons. The van der Waals surface area contributed by atoms with Gasteiger partial charge in [-0.15, -0.1) is 11.3 Å². The number of nitrogens with zero attached hydrogens (tertiary/aromatic N) is 2. The van der Waals surface area contributed by atoms with Crippen molar-refractivity contribution in [3.8, 4) is 0 Å². The number of aromatic nitrogens is 2. The van der Waals surface area contributed by atoms with Crippen LogP contribution in [0.2, 0.25) is 0 Å². The molecule has 0 aromatic carbocycles. The maximum Gasteiger partial charge on any atom is 0.262 e. The topological polar surface area (TPSA) is 34.9 Å². The molecule has 78 valence electrons. The molecule has 0 aliphatic carbocycles. The van der Waals surface area contributed by atoms with Crippen LogP contribution in [0.1, 0.15) is 23.5 Å². The highest BCUT2D eigenvalue weighted by atomic mass is 32.1. The zero-order valence-corrected chi connectivity index (χ0v) is 9.43. The third-order valence-corrected chi connectivity index (χ3v) is 3.83. The van der Waals surface area contributed by atoms with Gasteiger partial charge in [0.05, 0.1) is 5.39 Å². The number of hydrogen-bond acceptors (Lipinski definition) is 3. The Kier molecular flexibility index (Phi) is 1.92. The molecule has 0 spiro atoms. The summed E-state index contributed by atoms with van der Waals surface area (Å²) in [6.07, 6.45) is 3.20. The minimum atomic E-state index is 0.152. The van der Waals surface area contributed by atoms with Crippen molar-refractivity contribution in [3.63, 3.8) is 0 Å². The van der Waals surface area contributed by atoms with Crippen molar-refractivity contribution in [3.05, 3.63) is 27.1 Å². The van der Waals surface area contributed by atoms with Crippen LogP contribution < -0.4 is 5.56 Å². The van der Waals surface area contributed by atoms with Gasteiger partial charge in [0.2, 0.25) is 0 Å². The Morgan fingerprint density at radius 1 is 1.47 bits per heavy atom. The molecule has 3 nitrogen and oxygen atoms in total. The van der Waals surface area contributed by atoms with Crippen LogP contribution in [0, 0.1) is 6.92 Å². The van der Waals surface area contributed by atoms with E-state index in [2.05, 4.69) is 4.98 Å². The molecular weight excluding hydrogens is 208 g/mol. The second-order valence-corrected chi connectivity index (χ2v) is 5.25. The molecular formula is C11H12N2OS. The van der Waals surface area contributed by atoms with Crippen molar-refractivity contribution in [2.75, 3.05) is 0 Å². The van der Waals surface area contributed by atoms with E-state index in [0.717, 1.165) is 46.7 Å². The standard InChI is InChI=1S/C11H12N2OS/c1-7-6-8-10(15-7)12-9-4-2-3-5-13(9)11(8)14/h6H,2-5H2,1H3. The average molecular weight is 220 g/mol. The van der Waals surface area contributed by atoms with Crippen LogP contribution >= 0.6 is 11.3 Å². The van der Waals surface area contributed by atoms with Crippen LogP contribution in [0.15, 0.2) is 10.9 Å². The Morgan fingerprint density at radius 3 is 3.20 bits per heavy atom. The summed E-state index contributed by atoms with van der Waals surface area (Å²) in [6, 6.07) is 1.96. The van der Waals surface area contributed by atoms with Crippen molar-refractivity contribution < 1.29 is 0 Å². The predicted molar refractivity (Wildman–Crippen MR) is 61.6 cm³/mol. The van der Waals surface area contributed by atoms with Gasteiger partial charge in [0, 0.05) is 17.8 Å². The first-order chi connectivity index (χ1) is 7.25. The minimum Gasteiger partial charge on any atom is -0.296 e. The molecule has 2 aromatic rings. The summed E-state index contributed by atoms with van der Waals surface area (Å²) in [5.41, 5.74) is 0.152. The predicted octanol–water partition coefficient (Wildman–Crippen LogP) is 2.10. The molecule has 0 unspecified atom stereocenters. The number of fused-ring (bicyclic) bond motifs is 2. The minimum absolute atomic E-state index is 0.152. The van der Waals surface area contributed by atoms with Gasteiger partial charge in [-0.1, -0.05) is 0 Å². The highest BCUT2D eigenvalue weighted by Crippen LogP contribution is 2.22. The van der Waals surface area contributed by atoms with Crippen molar-refractivity contribution in [1.29, 1.82) is 0 Å². The van der Waals surface area contributed by atoms with E-state index in [1.165, 1.54) is 0 Å². The Bertz CT molecular complexity index is 582. The molecule has 2 aromatic heterocycles. The Balaban J connectivity index is 2.40. The summed E-state index contributed by atoms with van der Waals surface area (Å²) in [4.78, 5) is 18.8. The molecule has 3 rings (SSSR count). The van der Waals surface area contributed by atoms with Crippen LogP contribution in [0.4, 0.5) is 0 Å². The van der Waals surface area contributed by atoms with Crippen molar-refractivity contribution in [1.82, 2.24) is 9.55 Å². The van der Waals surface area contributed by atoms with Gasteiger partial charge in [0.15, 0.2) is 0 Å². The SMILES string of the molecule is Cc1cc2c(=O)n3c(nc2s1)CCCC3. The van der Waals surface area contributed by atoms with E-state index in [9.17, 15) is 4.79 Å². The number of hydrogen-bond donors (Lipinski definition) is 0. The van der Waals surface area contributed by atoms with E-state index in [0.29, 0.717) is 0 Å². The molecule has 0 saturated heterocycles.